The van der Waals surface area contributed by atoms with E-state index in [2.05, 4.69) is 10.3 Å². The minimum Gasteiger partial charge on any atom is -0.484 e. The van der Waals surface area contributed by atoms with Gasteiger partial charge in [0.1, 0.15) is 5.75 Å². The number of carbonyl (C=O) groups is 1. The van der Waals surface area contributed by atoms with Gasteiger partial charge in [-0.1, -0.05) is 17.7 Å². The SMILES string of the molecule is CCN(c1ccc(OCC(=O)NCc2ccncc2)cc1)S(=O)(=O)c1ccc(C)cc1. The first kappa shape index (κ1) is 22.3. The number of hydrogen-bond acceptors (Lipinski definition) is 5. The Labute approximate surface area is 182 Å². The quantitative estimate of drug-likeness (QED) is 0.553. The molecule has 0 aliphatic carbocycles. The molecule has 31 heavy (non-hydrogen) atoms. The standard InChI is InChI=1S/C23H25N3O4S/c1-3-26(31(28,29)22-10-4-18(2)5-11-22)20-6-8-21(9-7-20)30-17-23(27)25-16-19-12-14-24-15-13-19/h4-15H,3,16-17H2,1-2H3,(H,25,27). The summed E-state index contributed by atoms with van der Waals surface area (Å²) in [5, 5.41) is 2.77. The van der Waals surface area contributed by atoms with E-state index in [9.17, 15) is 13.2 Å². The number of sulfonamides is 1. The van der Waals surface area contributed by atoms with Crippen molar-refractivity contribution in [2.75, 3.05) is 17.5 Å². The van der Waals surface area contributed by atoms with E-state index >= 15 is 0 Å². The summed E-state index contributed by atoms with van der Waals surface area (Å²) < 4.78 is 32.9. The second-order valence-electron chi connectivity index (χ2n) is 6.90. The van der Waals surface area contributed by atoms with Gasteiger partial charge in [0.15, 0.2) is 6.61 Å². The van der Waals surface area contributed by atoms with Gasteiger partial charge in [-0.25, -0.2) is 8.42 Å². The molecule has 1 amide bonds. The molecule has 0 saturated carbocycles. The Kier molecular flexibility index (Phi) is 7.25. The molecule has 3 aromatic rings. The van der Waals surface area contributed by atoms with Crippen LogP contribution in [0.2, 0.25) is 0 Å². The Morgan fingerprint density at radius 1 is 1.00 bits per heavy atom. The van der Waals surface area contributed by atoms with E-state index in [-0.39, 0.29) is 24.0 Å². The highest BCUT2D eigenvalue weighted by Crippen LogP contribution is 2.25. The van der Waals surface area contributed by atoms with Crippen LogP contribution >= 0.6 is 0 Å². The van der Waals surface area contributed by atoms with Gasteiger partial charge in [-0.15, -0.1) is 0 Å². The van der Waals surface area contributed by atoms with Crippen molar-refractivity contribution in [1.82, 2.24) is 10.3 Å². The smallest absolute Gasteiger partial charge is 0.264 e. The molecular formula is C23H25N3O4S. The Morgan fingerprint density at radius 3 is 2.26 bits per heavy atom. The normalized spacial score (nSPS) is 11.0. The fourth-order valence-corrected chi connectivity index (χ4v) is 4.41. The molecule has 7 nitrogen and oxygen atoms in total. The summed E-state index contributed by atoms with van der Waals surface area (Å²) in [4.78, 5) is 16.2. The van der Waals surface area contributed by atoms with Gasteiger partial charge >= 0.3 is 0 Å². The topological polar surface area (TPSA) is 88.6 Å². The minimum absolute atomic E-state index is 0.135. The summed E-state index contributed by atoms with van der Waals surface area (Å²) in [6.07, 6.45) is 3.33. The zero-order chi connectivity index (χ0) is 22.3. The predicted octanol–water partition coefficient (Wildman–Crippen LogP) is 3.30. The highest BCUT2D eigenvalue weighted by molar-refractivity contribution is 7.92. The van der Waals surface area contributed by atoms with Crippen LogP contribution < -0.4 is 14.4 Å². The first-order chi connectivity index (χ1) is 14.9. The maximum atomic E-state index is 13.0. The Hall–Kier alpha value is -3.39. The van der Waals surface area contributed by atoms with E-state index in [1.54, 1.807) is 67.8 Å². The average molecular weight is 440 g/mol. The van der Waals surface area contributed by atoms with Gasteiger partial charge in [0.2, 0.25) is 0 Å². The van der Waals surface area contributed by atoms with Gasteiger partial charge in [0.05, 0.1) is 10.6 Å². The highest BCUT2D eigenvalue weighted by atomic mass is 32.2. The van der Waals surface area contributed by atoms with Gasteiger partial charge in [-0.3, -0.25) is 14.1 Å². The number of aromatic nitrogens is 1. The monoisotopic (exact) mass is 439 g/mol. The van der Waals surface area contributed by atoms with Crippen LogP contribution in [0.5, 0.6) is 5.75 Å². The van der Waals surface area contributed by atoms with Crippen molar-refractivity contribution < 1.29 is 17.9 Å². The maximum absolute atomic E-state index is 13.0. The molecule has 8 heteroatoms. The summed E-state index contributed by atoms with van der Waals surface area (Å²) >= 11 is 0. The van der Waals surface area contributed by atoms with Crippen molar-refractivity contribution in [3.8, 4) is 5.75 Å². The predicted molar refractivity (Wildman–Crippen MR) is 119 cm³/mol. The second-order valence-corrected chi connectivity index (χ2v) is 8.76. The van der Waals surface area contributed by atoms with Crippen LogP contribution in [0.3, 0.4) is 0 Å². The molecule has 0 bridgehead atoms. The van der Waals surface area contributed by atoms with Crippen molar-refractivity contribution in [2.45, 2.75) is 25.3 Å². The largest absolute Gasteiger partial charge is 0.484 e. The zero-order valence-electron chi connectivity index (χ0n) is 17.5. The van der Waals surface area contributed by atoms with Crippen molar-refractivity contribution in [3.05, 3.63) is 84.2 Å². The molecule has 0 saturated heterocycles. The van der Waals surface area contributed by atoms with Crippen LogP contribution in [0.1, 0.15) is 18.1 Å². The Balaban J connectivity index is 1.60. The highest BCUT2D eigenvalue weighted by Gasteiger charge is 2.23. The number of hydrogen-bond donors (Lipinski definition) is 1. The lowest BCUT2D eigenvalue weighted by Crippen LogP contribution is -2.30. The van der Waals surface area contributed by atoms with Crippen LogP contribution in [-0.2, 0) is 21.4 Å². The molecule has 0 atom stereocenters. The van der Waals surface area contributed by atoms with Crippen LogP contribution in [0.4, 0.5) is 5.69 Å². The Morgan fingerprint density at radius 2 is 1.65 bits per heavy atom. The average Bonchev–Trinajstić information content (AvgIpc) is 2.78. The number of anilines is 1. The molecule has 0 radical (unpaired) electrons. The molecule has 0 aliphatic heterocycles. The van der Waals surface area contributed by atoms with E-state index in [0.29, 0.717) is 18.0 Å². The summed E-state index contributed by atoms with van der Waals surface area (Å²) in [5.41, 5.74) is 2.47. The van der Waals surface area contributed by atoms with Crippen molar-refractivity contribution in [1.29, 1.82) is 0 Å². The molecule has 0 fully saturated rings. The third kappa shape index (κ3) is 5.82. The fraction of sp³-hybridized carbons (Fsp3) is 0.217. The molecule has 1 aromatic heterocycles. The number of nitrogens with one attached hydrogen (secondary N) is 1. The minimum atomic E-state index is -3.67. The maximum Gasteiger partial charge on any atom is 0.264 e. The molecule has 1 N–H and O–H groups in total. The van der Waals surface area contributed by atoms with E-state index < -0.39 is 10.0 Å². The van der Waals surface area contributed by atoms with Gasteiger partial charge in [0.25, 0.3) is 15.9 Å². The summed E-state index contributed by atoms with van der Waals surface area (Å²) in [5.74, 6) is 0.227. The second kappa shape index (κ2) is 10.1. The number of rotatable bonds is 9. The molecule has 3 rings (SSSR count). The summed E-state index contributed by atoms with van der Waals surface area (Å²) in [6.45, 7) is 4.23. The first-order valence-electron chi connectivity index (χ1n) is 9.88. The van der Waals surface area contributed by atoms with Crippen molar-refractivity contribution in [2.24, 2.45) is 0 Å². The van der Waals surface area contributed by atoms with E-state index in [4.69, 9.17) is 4.74 Å². The van der Waals surface area contributed by atoms with Crippen molar-refractivity contribution >= 4 is 21.6 Å². The zero-order valence-corrected chi connectivity index (χ0v) is 18.3. The first-order valence-corrected chi connectivity index (χ1v) is 11.3. The van der Waals surface area contributed by atoms with Crippen LogP contribution in [0.25, 0.3) is 0 Å². The van der Waals surface area contributed by atoms with E-state index in [0.717, 1.165) is 11.1 Å². The number of pyridine rings is 1. The fourth-order valence-electron chi connectivity index (χ4n) is 2.94. The lowest BCUT2D eigenvalue weighted by Gasteiger charge is -2.23. The number of ether oxygens (including phenoxy) is 1. The molecule has 2 aromatic carbocycles. The lowest BCUT2D eigenvalue weighted by molar-refractivity contribution is -0.123. The van der Waals surface area contributed by atoms with Crippen LogP contribution in [0, 0.1) is 6.92 Å². The molecular weight excluding hydrogens is 414 g/mol. The third-order valence-corrected chi connectivity index (χ3v) is 6.55. The summed E-state index contributed by atoms with van der Waals surface area (Å²) in [6, 6.07) is 17.0. The number of benzene rings is 2. The molecule has 0 unspecified atom stereocenters. The molecule has 162 valence electrons. The molecule has 1 heterocycles. The van der Waals surface area contributed by atoms with Gasteiger partial charge in [-0.05, 0) is 67.9 Å². The Bertz CT molecular complexity index is 1100. The van der Waals surface area contributed by atoms with Gasteiger partial charge in [-0.2, -0.15) is 0 Å². The van der Waals surface area contributed by atoms with E-state index in [1.165, 1.54) is 4.31 Å². The number of nitrogens with zero attached hydrogens (tertiary/aromatic N) is 2. The third-order valence-electron chi connectivity index (χ3n) is 4.63. The van der Waals surface area contributed by atoms with Crippen molar-refractivity contribution in [3.63, 3.8) is 0 Å². The molecule has 0 aliphatic rings. The number of carbonyl (C=O) groups excluding carboxylic acids is 1. The van der Waals surface area contributed by atoms with Crippen LogP contribution in [-0.4, -0.2) is 32.5 Å². The van der Waals surface area contributed by atoms with Gasteiger partial charge < -0.3 is 10.1 Å². The van der Waals surface area contributed by atoms with Crippen LogP contribution in [0.15, 0.2) is 78.0 Å². The summed E-state index contributed by atoms with van der Waals surface area (Å²) in [7, 11) is -3.67. The molecule has 0 spiro atoms. The van der Waals surface area contributed by atoms with Gasteiger partial charge in [0, 0.05) is 25.5 Å². The lowest BCUT2D eigenvalue weighted by atomic mass is 10.2. The van der Waals surface area contributed by atoms with E-state index in [1.807, 2.05) is 19.1 Å². The number of amides is 1. The number of aryl methyl sites for hydroxylation is 1.